The van der Waals surface area contributed by atoms with Crippen LogP contribution in [-0.2, 0) is 23.7 Å². The third kappa shape index (κ3) is 47.4. The van der Waals surface area contributed by atoms with Gasteiger partial charge in [0.15, 0.2) is 12.6 Å². The minimum atomic E-state index is -1.79. The number of hydrogen-bond acceptors (Lipinski definition) is 13. The van der Waals surface area contributed by atoms with Gasteiger partial charge in [0.2, 0.25) is 5.91 Å². The Balaban J connectivity index is 1.62. The Hall–Kier alpha value is -3.35. The van der Waals surface area contributed by atoms with Crippen LogP contribution >= 0.6 is 0 Å². The maximum absolute atomic E-state index is 13.4. The Morgan fingerprint density at radius 2 is 0.726 bits per heavy atom. The Morgan fingerprint density at radius 1 is 0.389 bits per heavy atom. The second-order valence-corrected chi connectivity index (χ2v) is 26.8. The van der Waals surface area contributed by atoms with Gasteiger partial charge in [-0.05, 0) is 83.5 Å². The third-order valence-corrected chi connectivity index (χ3v) is 18.3. The molecular formula is C81H141NO13. The maximum Gasteiger partial charge on any atom is 0.220 e. The average molecular weight is 1340 g/mol. The normalized spacial score (nSPS) is 23.0. The van der Waals surface area contributed by atoms with E-state index in [1.807, 2.05) is 0 Å². The molecule has 12 atom stereocenters. The van der Waals surface area contributed by atoms with Gasteiger partial charge in [-0.1, -0.05) is 322 Å². The van der Waals surface area contributed by atoms with Crippen LogP contribution in [0.4, 0.5) is 0 Å². The molecule has 9 N–H and O–H groups in total. The quantitative estimate of drug-likeness (QED) is 0.0204. The molecule has 0 saturated carbocycles. The van der Waals surface area contributed by atoms with Gasteiger partial charge in [-0.25, -0.2) is 0 Å². The molecule has 14 heteroatoms. The lowest BCUT2D eigenvalue weighted by molar-refractivity contribution is -0.359. The minimum Gasteiger partial charge on any atom is -0.394 e. The standard InChI is InChI=1S/C81H141NO13/c1-3-5-7-9-11-13-15-17-19-21-23-25-27-28-29-30-31-32-33-34-35-36-37-38-39-40-41-42-43-45-47-49-51-53-55-57-59-61-63-65-73(86)82-69(68-92-80-78(91)76(89)79(72(67-84)94-80)95-81-77(90)75(88)74(87)71(66-83)93-81)70(85)64-62-60-58-56-54-52-50-48-46-44-26-24-22-20-18-16-14-12-10-8-6-4-2/h5,7,11,13,17,19,23,25,28-29,31-32,34-35,37-38,40-41,69-72,74-81,83-85,87-91H,3-4,6,8-10,12,14-16,18,20-22,24,26-27,30,33,36,39,42-68H2,1-2H3,(H,82,86)/b7-5-,13-11-,19-17-,25-23-,29-28-,32-31-,35-34-,38-37-,41-40-. The summed E-state index contributed by atoms with van der Waals surface area (Å²) >= 11 is 0. The van der Waals surface area contributed by atoms with Gasteiger partial charge in [0.25, 0.3) is 0 Å². The fourth-order valence-corrected chi connectivity index (χ4v) is 12.2. The molecule has 548 valence electrons. The summed E-state index contributed by atoms with van der Waals surface area (Å²) in [5, 5.41) is 87.8. The van der Waals surface area contributed by atoms with Crippen molar-refractivity contribution < 1.29 is 64.6 Å². The summed E-state index contributed by atoms with van der Waals surface area (Å²) in [6.45, 7) is 2.78. The molecule has 12 unspecified atom stereocenters. The number of aliphatic hydroxyl groups is 8. The number of carbonyl (C=O) groups excluding carboxylic acids is 1. The van der Waals surface area contributed by atoms with E-state index in [0.717, 1.165) is 109 Å². The van der Waals surface area contributed by atoms with E-state index in [1.54, 1.807) is 0 Å². The van der Waals surface area contributed by atoms with E-state index in [2.05, 4.69) is 129 Å². The SMILES string of the molecule is CC/C=C\C/C=C\C/C=C\C/C=C\C/C=C\C/C=C\C/C=C\C/C=C\C/C=C\CCCCCCCCCCCCCC(=O)NC(COC1OC(CO)C(OC2OC(CO)C(O)C(O)C2O)C(O)C1O)C(O)CCCCCCCCCCCCCCCCCCCCCCCC. The molecule has 0 aromatic carbocycles. The Morgan fingerprint density at radius 3 is 1.12 bits per heavy atom. The number of ether oxygens (including phenoxy) is 4. The molecule has 0 bridgehead atoms. The Bertz CT molecular complexity index is 2010. The molecule has 2 aliphatic heterocycles. The molecule has 2 fully saturated rings. The predicted octanol–water partition coefficient (Wildman–Crippen LogP) is 17.1. The van der Waals surface area contributed by atoms with Gasteiger partial charge < -0.3 is 65.1 Å². The number of allylic oxidation sites excluding steroid dienone is 18. The van der Waals surface area contributed by atoms with Crippen LogP contribution in [0.5, 0.6) is 0 Å². The van der Waals surface area contributed by atoms with Crippen LogP contribution in [0.2, 0.25) is 0 Å². The lowest BCUT2D eigenvalue weighted by atomic mass is 9.97. The van der Waals surface area contributed by atoms with Gasteiger partial charge in [-0.15, -0.1) is 0 Å². The monoisotopic (exact) mass is 1340 g/mol. The minimum absolute atomic E-state index is 0.210. The van der Waals surface area contributed by atoms with Crippen molar-refractivity contribution in [2.45, 2.75) is 376 Å². The van der Waals surface area contributed by atoms with Crippen LogP contribution in [0.15, 0.2) is 109 Å². The molecule has 2 saturated heterocycles. The molecule has 1 amide bonds. The Labute approximate surface area is 578 Å². The summed E-state index contributed by atoms with van der Waals surface area (Å²) in [4.78, 5) is 13.4. The lowest BCUT2D eigenvalue weighted by Gasteiger charge is -2.46. The number of aliphatic hydroxyl groups excluding tert-OH is 8. The van der Waals surface area contributed by atoms with Crippen molar-refractivity contribution in [3.05, 3.63) is 109 Å². The zero-order valence-electron chi connectivity index (χ0n) is 59.9. The maximum atomic E-state index is 13.4. The highest BCUT2D eigenvalue weighted by atomic mass is 16.7. The summed E-state index contributed by atoms with van der Waals surface area (Å²) in [6, 6.07) is -0.838. The molecule has 2 heterocycles. The fourth-order valence-electron chi connectivity index (χ4n) is 12.2. The second-order valence-electron chi connectivity index (χ2n) is 26.8. The van der Waals surface area contributed by atoms with E-state index in [9.17, 15) is 45.6 Å². The molecule has 14 nitrogen and oxygen atoms in total. The summed E-state index contributed by atoms with van der Waals surface area (Å²) < 4.78 is 23.0. The number of hydrogen-bond donors (Lipinski definition) is 9. The van der Waals surface area contributed by atoms with Crippen LogP contribution in [0.3, 0.4) is 0 Å². The van der Waals surface area contributed by atoms with Crippen molar-refractivity contribution in [3.8, 4) is 0 Å². The van der Waals surface area contributed by atoms with E-state index in [1.165, 1.54) is 161 Å². The molecule has 0 radical (unpaired) electrons. The van der Waals surface area contributed by atoms with Crippen molar-refractivity contribution >= 4 is 5.91 Å². The number of carbonyl (C=O) groups is 1. The first kappa shape index (κ1) is 87.7. The van der Waals surface area contributed by atoms with Crippen LogP contribution in [0, 0.1) is 0 Å². The van der Waals surface area contributed by atoms with Gasteiger partial charge in [0.05, 0.1) is 32.0 Å². The van der Waals surface area contributed by atoms with E-state index < -0.39 is 86.8 Å². The van der Waals surface area contributed by atoms with Crippen molar-refractivity contribution in [3.63, 3.8) is 0 Å². The second kappa shape index (κ2) is 64.1. The van der Waals surface area contributed by atoms with Crippen molar-refractivity contribution in [1.29, 1.82) is 0 Å². The van der Waals surface area contributed by atoms with E-state index in [0.29, 0.717) is 19.3 Å². The van der Waals surface area contributed by atoms with Crippen LogP contribution in [0.25, 0.3) is 0 Å². The van der Waals surface area contributed by atoms with Gasteiger partial charge in [-0.2, -0.15) is 0 Å². The number of nitrogens with one attached hydrogen (secondary N) is 1. The van der Waals surface area contributed by atoms with Crippen LogP contribution in [0.1, 0.15) is 303 Å². The van der Waals surface area contributed by atoms with Crippen molar-refractivity contribution in [2.75, 3.05) is 19.8 Å². The van der Waals surface area contributed by atoms with Gasteiger partial charge in [0, 0.05) is 6.42 Å². The molecule has 95 heavy (non-hydrogen) atoms. The van der Waals surface area contributed by atoms with Crippen molar-refractivity contribution in [1.82, 2.24) is 5.32 Å². The zero-order valence-corrected chi connectivity index (χ0v) is 59.9. The topological polar surface area (TPSA) is 228 Å². The predicted molar refractivity (Wildman–Crippen MR) is 392 cm³/mol. The number of unbranched alkanes of at least 4 members (excludes halogenated alkanes) is 32. The van der Waals surface area contributed by atoms with Gasteiger partial charge in [0.1, 0.15) is 48.8 Å². The fraction of sp³-hybridized carbons (Fsp3) is 0.765. The number of amides is 1. The summed E-state index contributed by atoms with van der Waals surface area (Å²) in [5.74, 6) is -0.210. The van der Waals surface area contributed by atoms with Crippen molar-refractivity contribution in [2.24, 2.45) is 0 Å². The molecular weight excluding hydrogens is 1190 g/mol. The first-order valence-corrected chi connectivity index (χ1v) is 38.6. The van der Waals surface area contributed by atoms with Gasteiger partial charge >= 0.3 is 0 Å². The van der Waals surface area contributed by atoms with Gasteiger partial charge in [-0.3, -0.25) is 4.79 Å². The van der Waals surface area contributed by atoms with E-state index in [-0.39, 0.29) is 12.5 Å². The first-order valence-electron chi connectivity index (χ1n) is 38.6. The number of rotatable bonds is 63. The smallest absolute Gasteiger partial charge is 0.220 e. The van der Waals surface area contributed by atoms with E-state index in [4.69, 9.17) is 18.9 Å². The summed E-state index contributed by atoms with van der Waals surface area (Å²) in [6.07, 6.45) is 75.3. The Kier molecular flexibility index (Phi) is 59.2. The molecule has 0 aliphatic carbocycles. The first-order chi connectivity index (χ1) is 46.6. The third-order valence-electron chi connectivity index (χ3n) is 18.3. The van der Waals surface area contributed by atoms with Crippen LogP contribution in [-0.4, -0.2) is 140 Å². The zero-order chi connectivity index (χ0) is 68.7. The van der Waals surface area contributed by atoms with Crippen LogP contribution < -0.4 is 5.32 Å². The highest BCUT2D eigenvalue weighted by molar-refractivity contribution is 5.76. The largest absolute Gasteiger partial charge is 0.394 e. The highest BCUT2D eigenvalue weighted by Gasteiger charge is 2.51. The summed E-state index contributed by atoms with van der Waals surface area (Å²) in [7, 11) is 0. The lowest BCUT2D eigenvalue weighted by Crippen LogP contribution is -2.65. The van der Waals surface area contributed by atoms with E-state index >= 15 is 0 Å². The molecule has 2 aliphatic rings. The molecule has 0 spiro atoms. The highest BCUT2D eigenvalue weighted by Crippen LogP contribution is 2.30. The summed E-state index contributed by atoms with van der Waals surface area (Å²) in [5.41, 5.74) is 0. The molecule has 2 rings (SSSR count). The molecule has 0 aromatic heterocycles. The average Bonchev–Trinajstić information content (AvgIpc) is 0.801. The molecule has 0 aromatic rings.